The first-order valence-electron chi connectivity index (χ1n) is 9.04. The summed E-state index contributed by atoms with van der Waals surface area (Å²) < 4.78 is 11.5. The molecular formula is C18H34IN3O2. The standard InChI is InChI=1S/C18H33N3O2.HI/c1-7-19-16(20-12-10-13(22-6)17(12,2)3)21-14-11-8-9-23-15(11)18(14,4)5;/h11-15H,7-10H2,1-6H3,(H2,19,20,21);1H. The Morgan fingerprint density at radius 2 is 1.92 bits per heavy atom. The fraction of sp³-hybridized carbons (Fsp3) is 0.944. The van der Waals surface area contributed by atoms with Gasteiger partial charge in [0, 0.05) is 49.1 Å². The Kier molecular flexibility index (Phi) is 6.13. The van der Waals surface area contributed by atoms with E-state index in [9.17, 15) is 0 Å². The molecule has 2 aliphatic carbocycles. The summed E-state index contributed by atoms with van der Waals surface area (Å²) in [5.74, 6) is 1.57. The molecule has 5 nitrogen and oxygen atoms in total. The van der Waals surface area contributed by atoms with E-state index in [0.29, 0.717) is 30.2 Å². The summed E-state index contributed by atoms with van der Waals surface area (Å²) in [7, 11) is 1.80. The summed E-state index contributed by atoms with van der Waals surface area (Å²) in [6.45, 7) is 12.9. The zero-order chi connectivity index (χ0) is 16.8. The topological polar surface area (TPSA) is 54.9 Å². The van der Waals surface area contributed by atoms with Gasteiger partial charge in [-0.05, 0) is 19.8 Å². The Morgan fingerprint density at radius 1 is 1.21 bits per heavy atom. The van der Waals surface area contributed by atoms with Crippen molar-refractivity contribution in [3.05, 3.63) is 0 Å². The minimum atomic E-state index is 0. The fourth-order valence-corrected chi connectivity index (χ4v) is 4.75. The Morgan fingerprint density at radius 3 is 2.50 bits per heavy atom. The van der Waals surface area contributed by atoms with Gasteiger partial charge in [-0.2, -0.15) is 0 Å². The molecule has 0 radical (unpaired) electrons. The fourth-order valence-electron chi connectivity index (χ4n) is 4.75. The molecule has 0 bridgehead atoms. The number of hydrogen-bond donors (Lipinski definition) is 2. The summed E-state index contributed by atoms with van der Waals surface area (Å²) in [5.41, 5.74) is 0.306. The zero-order valence-corrected chi connectivity index (χ0v) is 18.2. The third kappa shape index (κ3) is 3.18. The molecule has 1 aliphatic heterocycles. The van der Waals surface area contributed by atoms with Crippen LogP contribution in [-0.4, -0.2) is 50.5 Å². The highest BCUT2D eigenvalue weighted by Gasteiger charge is 2.60. The van der Waals surface area contributed by atoms with Gasteiger partial charge in [0.25, 0.3) is 0 Å². The van der Waals surface area contributed by atoms with Gasteiger partial charge < -0.3 is 20.1 Å². The molecule has 2 N–H and O–H groups in total. The second kappa shape index (κ2) is 7.27. The third-order valence-corrected chi connectivity index (χ3v) is 6.48. The van der Waals surface area contributed by atoms with Gasteiger partial charge in [-0.3, -0.25) is 4.99 Å². The van der Waals surface area contributed by atoms with Gasteiger partial charge in [-0.15, -0.1) is 24.0 Å². The van der Waals surface area contributed by atoms with Crippen molar-refractivity contribution in [1.82, 2.24) is 10.6 Å². The molecule has 1 saturated heterocycles. The molecule has 3 rings (SSSR count). The highest BCUT2D eigenvalue weighted by Crippen LogP contribution is 2.52. The molecule has 5 unspecified atom stereocenters. The molecule has 0 aromatic rings. The number of ether oxygens (including phenoxy) is 2. The first-order chi connectivity index (χ1) is 10.8. The molecule has 0 aromatic heterocycles. The monoisotopic (exact) mass is 451 g/mol. The van der Waals surface area contributed by atoms with Crippen molar-refractivity contribution in [2.45, 2.75) is 71.8 Å². The van der Waals surface area contributed by atoms with Crippen LogP contribution < -0.4 is 10.6 Å². The maximum Gasteiger partial charge on any atom is 0.191 e. The number of nitrogens with zero attached hydrogens (tertiary/aromatic N) is 1. The maximum absolute atomic E-state index is 5.90. The van der Waals surface area contributed by atoms with E-state index in [0.717, 1.165) is 32.0 Å². The van der Waals surface area contributed by atoms with E-state index < -0.39 is 0 Å². The molecule has 0 amide bonds. The SMILES string of the molecule is CCN=C(NC1CC(OC)C1(C)C)NC1C2CCOC2C1(C)C.I. The molecule has 2 saturated carbocycles. The summed E-state index contributed by atoms with van der Waals surface area (Å²) in [6, 6.07) is 0.846. The van der Waals surface area contributed by atoms with Crippen LogP contribution in [0, 0.1) is 16.7 Å². The van der Waals surface area contributed by atoms with Crippen LogP contribution in [0.5, 0.6) is 0 Å². The minimum Gasteiger partial charge on any atom is -0.381 e. The second-order valence-corrected chi connectivity index (χ2v) is 8.49. The number of hydrogen-bond acceptors (Lipinski definition) is 3. The second-order valence-electron chi connectivity index (χ2n) is 8.49. The lowest BCUT2D eigenvalue weighted by atomic mass is 9.57. The summed E-state index contributed by atoms with van der Waals surface area (Å²) in [5, 5.41) is 7.35. The minimum absolute atomic E-state index is 0. The third-order valence-electron chi connectivity index (χ3n) is 6.48. The highest BCUT2D eigenvalue weighted by atomic mass is 127. The van der Waals surface area contributed by atoms with Crippen molar-refractivity contribution in [3.8, 4) is 0 Å². The molecule has 3 aliphatic rings. The summed E-state index contributed by atoms with van der Waals surface area (Å²) in [4.78, 5) is 4.68. The van der Waals surface area contributed by atoms with Crippen LogP contribution in [0.25, 0.3) is 0 Å². The van der Waals surface area contributed by atoms with E-state index in [-0.39, 0.29) is 34.8 Å². The molecular weight excluding hydrogens is 417 g/mol. The highest BCUT2D eigenvalue weighted by molar-refractivity contribution is 14.0. The smallest absolute Gasteiger partial charge is 0.191 e. The van der Waals surface area contributed by atoms with Gasteiger partial charge in [0.1, 0.15) is 0 Å². The Hall–Kier alpha value is -0.0800. The van der Waals surface area contributed by atoms with Crippen molar-refractivity contribution in [2.75, 3.05) is 20.3 Å². The van der Waals surface area contributed by atoms with Gasteiger partial charge in [0.05, 0.1) is 12.2 Å². The average Bonchev–Trinajstić information content (AvgIpc) is 2.95. The largest absolute Gasteiger partial charge is 0.381 e. The summed E-state index contributed by atoms with van der Waals surface area (Å²) >= 11 is 0. The van der Waals surface area contributed by atoms with Crippen LogP contribution in [0.1, 0.15) is 47.5 Å². The lowest BCUT2D eigenvalue weighted by Crippen LogP contribution is -2.70. The van der Waals surface area contributed by atoms with Crippen LogP contribution >= 0.6 is 24.0 Å². The molecule has 140 valence electrons. The first kappa shape index (κ1) is 20.2. The van der Waals surface area contributed by atoms with Crippen molar-refractivity contribution >= 4 is 29.9 Å². The van der Waals surface area contributed by atoms with Crippen LogP contribution in [-0.2, 0) is 9.47 Å². The van der Waals surface area contributed by atoms with Gasteiger partial charge in [-0.1, -0.05) is 27.7 Å². The number of halogens is 1. The Bertz CT molecular complexity index is 481. The molecule has 5 atom stereocenters. The lowest BCUT2D eigenvalue weighted by molar-refractivity contribution is -0.108. The predicted octanol–water partition coefficient (Wildman–Crippen LogP) is 2.79. The van der Waals surface area contributed by atoms with E-state index in [1.807, 2.05) is 0 Å². The van der Waals surface area contributed by atoms with E-state index in [1.165, 1.54) is 0 Å². The van der Waals surface area contributed by atoms with Gasteiger partial charge in [0.2, 0.25) is 0 Å². The Balaban J connectivity index is 0.00000208. The number of nitrogens with one attached hydrogen (secondary N) is 2. The lowest BCUT2D eigenvalue weighted by Gasteiger charge is -2.56. The van der Waals surface area contributed by atoms with E-state index in [2.05, 4.69) is 50.2 Å². The van der Waals surface area contributed by atoms with Crippen molar-refractivity contribution in [2.24, 2.45) is 21.7 Å². The molecule has 24 heavy (non-hydrogen) atoms. The molecule has 0 aromatic carbocycles. The maximum atomic E-state index is 5.90. The predicted molar refractivity (Wildman–Crippen MR) is 108 cm³/mol. The van der Waals surface area contributed by atoms with Crippen LogP contribution in [0.2, 0.25) is 0 Å². The zero-order valence-electron chi connectivity index (χ0n) is 15.9. The number of aliphatic imine (C=N–C) groups is 1. The molecule has 3 fully saturated rings. The number of guanidine groups is 1. The molecule has 0 spiro atoms. The normalized spacial score (nSPS) is 39.1. The average molecular weight is 451 g/mol. The van der Waals surface area contributed by atoms with Gasteiger partial charge in [-0.25, -0.2) is 0 Å². The van der Waals surface area contributed by atoms with Crippen molar-refractivity contribution in [3.63, 3.8) is 0 Å². The number of fused-ring (bicyclic) bond motifs is 1. The van der Waals surface area contributed by atoms with Gasteiger partial charge in [0.15, 0.2) is 5.96 Å². The molecule has 6 heteroatoms. The number of methoxy groups -OCH3 is 1. The quantitative estimate of drug-likeness (QED) is 0.392. The van der Waals surface area contributed by atoms with Gasteiger partial charge >= 0.3 is 0 Å². The van der Waals surface area contributed by atoms with Crippen LogP contribution in [0.4, 0.5) is 0 Å². The summed E-state index contributed by atoms with van der Waals surface area (Å²) in [6.07, 6.45) is 2.93. The van der Waals surface area contributed by atoms with Crippen molar-refractivity contribution in [1.29, 1.82) is 0 Å². The van der Waals surface area contributed by atoms with Crippen LogP contribution in [0.3, 0.4) is 0 Å². The number of rotatable bonds is 4. The van der Waals surface area contributed by atoms with E-state index in [4.69, 9.17) is 9.47 Å². The van der Waals surface area contributed by atoms with Crippen molar-refractivity contribution < 1.29 is 9.47 Å². The van der Waals surface area contributed by atoms with Crippen LogP contribution in [0.15, 0.2) is 4.99 Å². The molecule has 1 heterocycles. The first-order valence-corrected chi connectivity index (χ1v) is 9.04. The van der Waals surface area contributed by atoms with E-state index in [1.54, 1.807) is 7.11 Å². The van der Waals surface area contributed by atoms with E-state index >= 15 is 0 Å². The Labute approximate surface area is 163 Å².